The van der Waals surface area contributed by atoms with E-state index in [0.717, 1.165) is 44.6 Å². The topological polar surface area (TPSA) is 58.8 Å². The summed E-state index contributed by atoms with van der Waals surface area (Å²) in [4.78, 5) is 16.5. The SMILES string of the molecule is NC(CN1CCN(C(=O)C2CCCO2)CC1)c1ccc(F)cc1. The number of carbonyl (C=O) groups excluding carboxylic acids is 1. The molecule has 0 spiro atoms. The summed E-state index contributed by atoms with van der Waals surface area (Å²) in [6.45, 7) is 4.47. The molecule has 1 aromatic carbocycles. The number of nitrogens with two attached hydrogens (primary N) is 1. The molecule has 0 bridgehead atoms. The van der Waals surface area contributed by atoms with Gasteiger partial charge >= 0.3 is 0 Å². The van der Waals surface area contributed by atoms with E-state index in [1.165, 1.54) is 12.1 Å². The van der Waals surface area contributed by atoms with Crippen LogP contribution in [0.4, 0.5) is 4.39 Å². The van der Waals surface area contributed by atoms with Crippen molar-refractivity contribution in [2.24, 2.45) is 5.73 Å². The van der Waals surface area contributed by atoms with E-state index in [-0.39, 0.29) is 23.9 Å². The second-order valence-corrected chi connectivity index (χ2v) is 6.29. The first kappa shape index (κ1) is 16.4. The molecule has 0 saturated carbocycles. The molecule has 2 atom stereocenters. The Bertz CT molecular complexity index is 523. The van der Waals surface area contributed by atoms with Crippen LogP contribution in [0, 0.1) is 5.82 Å². The largest absolute Gasteiger partial charge is 0.368 e. The van der Waals surface area contributed by atoms with Crippen molar-refractivity contribution in [2.75, 3.05) is 39.3 Å². The van der Waals surface area contributed by atoms with E-state index < -0.39 is 0 Å². The minimum atomic E-state index is -0.248. The minimum absolute atomic E-state index is 0.130. The Kier molecular flexibility index (Phi) is 5.25. The average molecular weight is 321 g/mol. The van der Waals surface area contributed by atoms with E-state index in [4.69, 9.17) is 10.5 Å². The van der Waals surface area contributed by atoms with Crippen LogP contribution in [0.5, 0.6) is 0 Å². The van der Waals surface area contributed by atoms with Gasteiger partial charge in [-0.25, -0.2) is 4.39 Å². The maximum absolute atomic E-state index is 13.0. The summed E-state index contributed by atoms with van der Waals surface area (Å²) < 4.78 is 18.4. The molecule has 2 heterocycles. The maximum Gasteiger partial charge on any atom is 0.251 e. The highest BCUT2D eigenvalue weighted by atomic mass is 19.1. The van der Waals surface area contributed by atoms with Crippen LogP contribution in [0.15, 0.2) is 24.3 Å². The van der Waals surface area contributed by atoms with Gasteiger partial charge in [0.15, 0.2) is 0 Å². The Morgan fingerprint density at radius 1 is 1.26 bits per heavy atom. The van der Waals surface area contributed by atoms with E-state index in [1.54, 1.807) is 12.1 Å². The first-order valence-electron chi connectivity index (χ1n) is 8.27. The number of nitrogens with zero attached hydrogens (tertiary/aromatic N) is 2. The van der Waals surface area contributed by atoms with Gasteiger partial charge < -0.3 is 15.4 Å². The smallest absolute Gasteiger partial charge is 0.251 e. The van der Waals surface area contributed by atoms with Crippen molar-refractivity contribution in [3.8, 4) is 0 Å². The van der Waals surface area contributed by atoms with E-state index in [1.807, 2.05) is 4.90 Å². The highest BCUT2D eigenvalue weighted by molar-refractivity contribution is 5.81. The molecule has 23 heavy (non-hydrogen) atoms. The Hall–Kier alpha value is -1.50. The predicted octanol–water partition coefficient (Wildman–Crippen LogP) is 1.15. The van der Waals surface area contributed by atoms with Gasteiger partial charge in [0, 0.05) is 45.4 Å². The van der Waals surface area contributed by atoms with Gasteiger partial charge in [-0.05, 0) is 30.5 Å². The summed E-state index contributed by atoms with van der Waals surface area (Å²) in [6.07, 6.45) is 1.58. The molecule has 5 nitrogen and oxygen atoms in total. The fourth-order valence-electron chi connectivity index (χ4n) is 3.22. The van der Waals surface area contributed by atoms with Gasteiger partial charge in [-0.3, -0.25) is 9.69 Å². The molecule has 2 N–H and O–H groups in total. The Balaban J connectivity index is 1.47. The Morgan fingerprint density at radius 2 is 1.96 bits per heavy atom. The molecule has 2 aliphatic heterocycles. The molecule has 0 aliphatic carbocycles. The lowest BCUT2D eigenvalue weighted by Gasteiger charge is -2.36. The van der Waals surface area contributed by atoms with Crippen molar-refractivity contribution in [3.63, 3.8) is 0 Å². The zero-order chi connectivity index (χ0) is 16.2. The van der Waals surface area contributed by atoms with Crippen LogP contribution in [0.1, 0.15) is 24.4 Å². The molecule has 1 amide bonds. The molecule has 2 fully saturated rings. The number of hydrogen-bond acceptors (Lipinski definition) is 4. The van der Waals surface area contributed by atoms with Crippen LogP contribution in [-0.4, -0.2) is 61.1 Å². The third kappa shape index (κ3) is 4.07. The highest BCUT2D eigenvalue weighted by Crippen LogP contribution is 2.17. The summed E-state index contributed by atoms with van der Waals surface area (Å²) in [5, 5.41) is 0. The van der Waals surface area contributed by atoms with Crippen LogP contribution in [-0.2, 0) is 9.53 Å². The molecule has 6 heteroatoms. The lowest BCUT2D eigenvalue weighted by molar-refractivity contribution is -0.142. The molecule has 3 rings (SSSR count). The van der Waals surface area contributed by atoms with Crippen LogP contribution in [0.2, 0.25) is 0 Å². The standard InChI is InChI=1S/C17H24FN3O2/c18-14-5-3-13(4-6-14)15(19)12-20-7-9-21(10-8-20)17(22)16-2-1-11-23-16/h3-6,15-16H,1-2,7-12,19H2. The van der Waals surface area contributed by atoms with Crippen LogP contribution < -0.4 is 5.73 Å². The highest BCUT2D eigenvalue weighted by Gasteiger charge is 2.30. The number of halogens is 1. The first-order chi connectivity index (χ1) is 11.1. The minimum Gasteiger partial charge on any atom is -0.368 e. The predicted molar refractivity (Wildman–Crippen MR) is 85.3 cm³/mol. The van der Waals surface area contributed by atoms with Gasteiger partial charge in [-0.2, -0.15) is 0 Å². The molecular formula is C17H24FN3O2. The summed E-state index contributed by atoms with van der Waals surface area (Å²) in [5.41, 5.74) is 7.14. The lowest BCUT2D eigenvalue weighted by Crippen LogP contribution is -2.52. The maximum atomic E-state index is 13.0. The third-order valence-electron chi connectivity index (χ3n) is 4.64. The molecule has 0 aromatic heterocycles. The number of carbonyl (C=O) groups is 1. The average Bonchev–Trinajstić information content (AvgIpc) is 3.10. The fourth-order valence-corrected chi connectivity index (χ4v) is 3.22. The zero-order valence-electron chi connectivity index (χ0n) is 13.3. The zero-order valence-corrected chi connectivity index (χ0v) is 13.3. The van der Waals surface area contributed by atoms with Crippen molar-refractivity contribution in [3.05, 3.63) is 35.6 Å². The quantitative estimate of drug-likeness (QED) is 0.904. The summed E-state index contributed by atoms with van der Waals surface area (Å²) >= 11 is 0. The van der Waals surface area contributed by atoms with E-state index >= 15 is 0 Å². The molecular weight excluding hydrogens is 297 g/mol. The third-order valence-corrected chi connectivity index (χ3v) is 4.64. The number of ether oxygens (including phenoxy) is 1. The number of benzene rings is 1. The van der Waals surface area contributed by atoms with Gasteiger partial charge in [0.1, 0.15) is 11.9 Å². The molecule has 0 radical (unpaired) electrons. The molecule has 2 saturated heterocycles. The van der Waals surface area contributed by atoms with Gasteiger partial charge in [0.25, 0.3) is 5.91 Å². The number of rotatable bonds is 4. The first-order valence-corrected chi connectivity index (χ1v) is 8.27. The van der Waals surface area contributed by atoms with E-state index in [0.29, 0.717) is 13.2 Å². The number of piperazine rings is 1. The summed E-state index contributed by atoms with van der Waals surface area (Å²) in [6, 6.07) is 6.20. The monoisotopic (exact) mass is 321 g/mol. The van der Waals surface area contributed by atoms with Crippen LogP contribution in [0.3, 0.4) is 0 Å². The molecule has 2 aliphatic rings. The van der Waals surface area contributed by atoms with Gasteiger partial charge in [0.2, 0.25) is 0 Å². The normalized spacial score (nSPS) is 23.9. The van der Waals surface area contributed by atoms with Gasteiger partial charge in [-0.1, -0.05) is 12.1 Å². The van der Waals surface area contributed by atoms with E-state index in [2.05, 4.69) is 4.90 Å². The second kappa shape index (κ2) is 7.38. The fraction of sp³-hybridized carbons (Fsp3) is 0.588. The van der Waals surface area contributed by atoms with Crippen molar-refractivity contribution >= 4 is 5.91 Å². The number of amides is 1. The Labute approximate surface area is 136 Å². The summed E-state index contributed by atoms with van der Waals surface area (Å²) in [5.74, 6) is -0.118. The Morgan fingerprint density at radius 3 is 2.57 bits per heavy atom. The van der Waals surface area contributed by atoms with Crippen molar-refractivity contribution in [1.82, 2.24) is 9.80 Å². The van der Waals surface area contributed by atoms with Crippen molar-refractivity contribution in [2.45, 2.75) is 25.0 Å². The second-order valence-electron chi connectivity index (χ2n) is 6.29. The lowest BCUT2D eigenvalue weighted by atomic mass is 10.1. The summed E-state index contributed by atoms with van der Waals surface area (Å²) in [7, 11) is 0. The van der Waals surface area contributed by atoms with Crippen molar-refractivity contribution in [1.29, 1.82) is 0 Å². The van der Waals surface area contributed by atoms with Gasteiger partial charge in [-0.15, -0.1) is 0 Å². The molecule has 1 aromatic rings. The van der Waals surface area contributed by atoms with Gasteiger partial charge in [0.05, 0.1) is 0 Å². The number of hydrogen-bond donors (Lipinski definition) is 1. The molecule has 126 valence electrons. The van der Waals surface area contributed by atoms with Crippen LogP contribution in [0.25, 0.3) is 0 Å². The van der Waals surface area contributed by atoms with Crippen LogP contribution >= 0.6 is 0 Å². The van der Waals surface area contributed by atoms with E-state index in [9.17, 15) is 9.18 Å². The van der Waals surface area contributed by atoms with Crippen molar-refractivity contribution < 1.29 is 13.9 Å². The molecule has 2 unspecified atom stereocenters.